The average molecular weight is 485 g/mol. The lowest BCUT2D eigenvalue weighted by Gasteiger charge is -2.38. The van der Waals surface area contributed by atoms with E-state index < -0.39 is 15.6 Å². The van der Waals surface area contributed by atoms with Gasteiger partial charge in [0.25, 0.3) is 15.9 Å². The van der Waals surface area contributed by atoms with Crippen molar-refractivity contribution in [3.8, 4) is 0 Å². The van der Waals surface area contributed by atoms with Crippen molar-refractivity contribution in [3.05, 3.63) is 95.0 Å². The van der Waals surface area contributed by atoms with Crippen LogP contribution in [0.2, 0.25) is 5.02 Å². The van der Waals surface area contributed by atoms with E-state index in [0.29, 0.717) is 48.6 Å². The Bertz CT molecular complexity index is 1220. The van der Waals surface area contributed by atoms with E-state index in [1.807, 2.05) is 30.3 Å². The SMILES string of the molecule is O=C(c1ccc(NS(=O)(=O)c2cccc(Cl)c2)cc1)N1CCC(O)(Cc2ccccc2)CC1. The van der Waals surface area contributed by atoms with Gasteiger partial charge in [0.15, 0.2) is 0 Å². The van der Waals surface area contributed by atoms with Gasteiger partial charge in [0.05, 0.1) is 10.5 Å². The number of sulfonamides is 1. The lowest BCUT2D eigenvalue weighted by atomic mass is 9.85. The van der Waals surface area contributed by atoms with Gasteiger partial charge in [-0.05, 0) is 60.9 Å². The van der Waals surface area contributed by atoms with E-state index in [4.69, 9.17) is 11.6 Å². The number of hydrogen-bond donors (Lipinski definition) is 2. The second kappa shape index (κ2) is 9.55. The molecule has 1 fully saturated rings. The van der Waals surface area contributed by atoms with Crippen LogP contribution >= 0.6 is 11.6 Å². The first-order chi connectivity index (χ1) is 15.7. The Hall–Kier alpha value is -2.87. The molecule has 0 spiro atoms. The number of rotatable bonds is 6. The Labute approximate surface area is 198 Å². The van der Waals surface area contributed by atoms with Crippen LogP contribution < -0.4 is 4.72 Å². The van der Waals surface area contributed by atoms with Crippen LogP contribution in [0.4, 0.5) is 5.69 Å². The van der Waals surface area contributed by atoms with Crippen LogP contribution in [0.25, 0.3) is 0 Å². The summed E-state index contributed by atoms with van der Waals surface area (Å²) in [5.41, 5.74) is 1.08. The summed E-state index contributed by atoms with van der Waals surface area (Å²) in [6.45, 7) is 0.927. The van der Waals surface area contributed by atoms with Crippen LogP contribution in [0.15, 0.2) is 83.8 Å². The van der Waals surface area contributed by atoms with Crippen LogP contribution in [0.1, 0.15) is 28.8 Å². The normalized spacial score (nSPS) is 15.8. The zero-order chi connectivity index (χ0) is 23.5. The Morgan fingerprint density at radius 3 is 2.27 bits per heavy atom. The molecular formula is C25H25ClN2O4S. The molecule has 3 aromatic carbocycles. The molecule has 0 saturated carbocycles. The van der Waals surface area contributed by atoms with E-state index in [1.54, 1.807) is 41.3 Å². The summed E-state index contributed by atoms with van der Waals surface area (Å²) in [4.78, 5) is 14.7. The number of hydrogen-bond acceptors (Lipinski definition) is 4. The molecule has 1 aliphatic rings. The number of benzene rings is 3. The van der Waals surface area contributed by atoms with Crippen LogP contribution in [0, 0.1) is 0 Å². The molecule has 0 unspecified atom stereocenters. The van der Waals surface area contributed by atoms with Crippen LogP contribution in [0.5, 0.6) is 0 Å². The Kier molecular flexibility index (Phi) is 6.74. The maximum absolute atomic E-state index is 12.9. The molecule has 172 valence electrons. The number of piperidine rings is 1. The highest BCUT2D eigenvalue weighted by atomic mass is 35.5. The van der Waals surface area contributed by atoms with Gasteiger partial charge in [-0.15, -0.1) is 0 Å². The molecule has 0 aliphatic carbocycles. The van der Waals surface area contributed by atoms with Crippen molar-refractivity contribution in [1.82, 2.24) is 4.90 Å². The third kappa shape index (κ3) is 5.74. The second-order valence-electron chi connectivity index (χ2n) is 8.32. The largest absolute Gasteiger partial charge is 0.389 e. The number of aliphatic hydroxyl groups is 1. The number of amides is 1. The van der Waals surface area contributed by atoms with Gasteiger partial charge >= 0.3 is 0 Å². The van der Waals surface area contributed by atoms with Gasteiger partial charge in [-0.3, -0.25) is 9.52 Å². The van der Waals surface area contributed by atoms with Crippen LogP contribution in [0.3, 0.4) is 0 Å². The van der Waals surface area contributed by atoms with Gasteiger partial charge < -0.3 is 10.0 Å². The van der Waals surface area contributed by atoms with E-state index >= 15 is 0 Å². The first-order valence-corrected chi connectivity index (χ1v) is 12.5. The fourth-order valence-corrected chi connectivity index (χ4v) is 5.35. The molecule has 4 rings (SSSR count). The van der Waals surface area contributed by atoms with Crippen molar-refractivity contribution in [2.45, 2.75) is 29.8 Å². The van der Waals surface area contributed by atoms with Crippen molar-refractivity contribution >= 4 is 33.2 Å². The third-order valence-corrected chi connectivity index (χ3v) is 7.46. The number of carbonyl (C=O) groups is 1. The molecule has 6 nitrogen and oxygen atoms in total. The predicted octanol–water partition coefficient (Wildman–Crippen LogP) is 4.35. The van der Waals surface area contributed by atoms with Crippen molar-refractivity contribution in [3.63, 3.8) is 0 Å². The standard InChI is InChI=1S/C25H25ClN2O4S/c26-21-7-4-8-23(17-21)33(31,32)27-22-11-9-20(10-12-22)24(29)28-15-13-25(30,14-16-28)18-19-5-2-1-3-6-19/h1-12,17,27,30H,13-16,18H2. The Morgan fingerprint density at radius 2 is 1.64 bits per heavy atom. The maximum atomic E-state index is 12.9. The molecule has 33 heavy (non-hydrogen) atoms. The quantitative estimate of drug-likeness (QED) is 0.544. The summed E-state index contributed by atoms with van der Waals surface area (Å²) in [5, 5.41) is 11.3. The van der Waals surface area contributed by atoms with Crippen molar-refractivity contribution in [1.29, 1.82) is 0 Å². The van der Waals surface area contributed by atoms with Gasteiger partial charge in [-0.1, -0.05) is 48.0 Å². The fraction of sp³-hybridized carbons (Fsp3) is 0.240. The minimum atomic E-state index is -3.79. The number of nitrogens with one attached hydrogen (secondary N) is 1. The number of nitrogens with zero attached hydrogens (tertiary/aromatic N) is 1. The molecule has 1 saturated heterocycles. The Morgan fingerprint density at radius 1 is 0.970 bits per heavy atom. The first-order valence-electron chi connectivity index (χ1n) is 10.7. The molecule has 1 aliphatic heterocycles. The molecule has 2 N–H and O–H groups in total. The minimum absolute atomic E-state index is 0.0615. The molecule has 8 heteroatoms. The summed E-state index contributed by atoms with van der Waals surface area (Å²) >= 11 is 5.89. The molecule has 0 aromatic heterocycles. The molecule has 0 radical (unpaired) electrons. The topological polar surface area (TPSA) is 86.7 Å². The maximum Gasteiger partial charge on any atom is 0.261 e. The second-order valence-corrected chi connectivity index (χ2v) is 10.4. The highest BCUT2D eigenvalue weighted by Crippen LogP contribution is 2.27. The smallest absolute Gasteiger partial charge is 0.261 e. The third-order valence-electron chi connectivity index (χ3n) is 5.85. The molecule has 0 bridgehead atoms. The lowest BCUT2D eigenvalue weighted by Crippen LogP contribution is -2.47. The highest BCUT2D eigenvalue weighted by molar-refractivity contribution is 7.92. The summed E-state index contributed by atoms with van der Waals surface area (Å²) in [7, 11) is -3.79. The first kappa shape index (κ1) is 23.3. The van der Waals surface area contributed by atoms with E-state index in [-0.39, 0.29) is 10.8 Å². The minimum Gasteiger partial charge on any atom is -0.389 e. The summed E-state index contributed by atoms with van der Waals surface area (Å²) in [6, 6.07) is 22.2. The molecule has 3 aromatic rings. The number of likely N-dealkylation sites (tertiary alicyclic amines) is 1. The zero-order valence-corrected chi connectivity index (χ0v) is 19.5. The monoisotopic (exact) mass is 484 g/mol. The number of halogens is 1. The molecule has 1 amide bonds. The van der Waals surface area contributed by atoms with Gasteiger partial charge in [-0.25, -0.2) is 8.42 Å². The number of anilines is 1. The van der Waals surface area contributed by atoms with Crippen LogP contribution in [-0.2, 0) is 16.4 Å². The summed E-state index contributed by atoms with van der Waals surface area (Å²) < 4.78 is 27.6. The van der Waals surface area contributed by atoms with Gasteiger partial charge in [0.1, 0.15) is 0 Å². The predicted molar refractivity (Wildman–Crippen MR) is 129 cm³/mol. The summed E-state index contributed by atoms with van der Waals surface area (Å²) in [5.74, 6) is -0.138. The fourth-order valence-electron chi connectivity index (χ4n) is 3.99. The van der Waals surface area contributed by atoms with E-state index in [1.165, 1.54) is 12.1 Å². The van der Waals surface area contributed by atoms with Gasteiger partial charge in [0.2, 0.25) is 0 Å². The molecule has 0 atom stereocenters. The Balaban J connectivity index is 1.37. The van der Waals surface area contributed by atoms with Crippen molar-refractivity contribution < 1.29 is 18.3 Å². The van der Waals surface area contributed by atoms with E-state index in [0.717, 1.165) is 5.56 Å². The summed E-state index contributed by atoms with van der Waals surface area (Å²) in [6.07, 6.45) is 1.58. The average Bonchev–Trinajstić information content (AvgIpc) is 2.80. The molecular weight excluding hydrogens is 460 g/mol. The molecule has 1 heterocycles. The van der Waals surface area contributed by atoms with Crippen molar-refractivity contribution in [2.24, 2.45) is 0 Å². The van der Waals surface area contributed by atoms with Crippen molar-refractivity contribution in [2.75, 3.05) is 17.8 Å². The lowest BCUT2D eigenvalue weighted by molar-refractivity contribution is -0.0162. The van der Waals surface area contributed by atoms with Gasteiger partial charge in [-0.2, -0.15) is 0 Å². The van der Waals surface area contributed by atoms with Gasteiger partial charge in [0, 0.05) is 35.8 Å². The zero-order valence-electron chi connectivity index (χ0n) is 17.9. The van der Waals surface area contributed by atoms with E-state index in [9.17, 15) is 18.3 Å². The van der Waals surface area contributed by atoms with Crippen LogP contribution in [-0.4, -0.2) is 43.0 Å². The number of carbonyl (C=O) groups excluding carboxylic acids is 1. The van der Waals surface area contributed by atoms with E-state index in [2.05, 4.69) is 4.72 Å². The highest BCUT2D eigenvalue weighted by Gasteiger charge is 2.34.